The van der Waals surface area contributed by atoms with E-state index in [1.807, 2.05) is 0 Å². The zero-order chi connectivity index (χ0) is 110. The van der Waals surface area contributed by atoms with Gasteiger partial charge in [-0.3, -0.25) is 86.3 Å². The van der Waals surface area contributed by atoms with Gasteiger partial charge in [0.15, 0.2) is 0 Å². The maximum atomic E-state index is 13.9. The summed E-state index contributed by atoms with van der Waals surface area (Å²) in [7, 11) is 0. The Kier molecular flexibility index (Phi) is 87.2. The number of nitrogens with one attached hydrogen (secondary N) is 10. The summed E-state index contributed by atoms with van der Waals surface area (Å²) in [6.45, 7) is 4.56. The van der Waals surface area contributed by atoms with Crippen LogP contribution in [0.5, 0.6) is 0 Å². The molecule has 0 bridgehead atoms. The molecule has 12 unspecified atom stereocenters. The fraction of sp³-hybridized carbons (Fsp3) is 0.816. The number of hydrogen-bond acceptors (Lipinski definition) is 42. The summed E-state index contributed by atoms with van der Waals surface area (Å²) in [6.07, 6.45) is 6.48. The second kappa shape index (κ2) is 92.9. The largest absolute Gasteiger partial charge is 0.466 e. The molecular formula is C98H178N16O32S2. The van der Waals surface area contributed by atoms with E-state index in [4.69, 9.17) is 92.0 Å². The van der Waals surface area contributed by atoms with E-state index in [0.29, 0.717) is 116 Å². The van der Waals surface area contributed by atoms with Crippen molar-refractivity contribution in [1.29, 1.82) is 0 Å². The van der Waals surface area contributed by atoms with E-state index < -0.39 is 180 Å². The maximum absolute atomic E-state index is 13.9. The van der Waals surface area contributed by atoms with E-state index in [1.165, 1.54) is 0 Å². The van der Waals surface area contributed by atoms with Crippen LogP contribution in [0, 0.1) is 23.7 Å². The van der Waals surface area contributed by atoms with Crippen LogP contribution in [0.2, 0.25) is 0 Å². The summed E-state index contributed by atoms with van der Waals surface area (Å²) in [4.78, 5) is 233. The normalized spacial score (nSPS) is 13.6. The van der Waals surface area contributed by atoms with Crippen molar-refractivity contribution in [1.82, 2.24) is 53.2 Å². The van der Waals surface area contributed by atoms with E-state index in [1.54, 1.807) is 13.8 Å². The van der Waals surface area contributed by atoms with Gasteiger partial charge in [-0.15, -0.1) is 0 Å². The van der Waals surface area contributed by atoms with Gasteiger partial charge in [0.1, 0.15) is 35.7 Å². The van der Waals surface area contributed by atoms with Crippen LogP contribution in [0.15, 0.2) is 0 Å². The number of Topliss-reactive ketones (excluding diaryl/α,β-unsaturated/α-hetero) is 2. The molecule has 26 N–H and O–H groups in total. The first-order valence-corrected chi connectivity index (χ1v) is 53.8. The lowest BCUT2D eigenvalue weighted by Crippen LogP contribution is -2.56. The first kappa shape index (κ1) is 139. The van der Waals surface area contributed by atoms with Crippen LogP contribution < -0.4 is 87.6 Å². The molecule has 0 fully saturated rings. The number of ketones is 2. The lowest BCUT2D eigenvalue weighted by atomic mass is 9.96. The molecule has 0 aliphatic carbocycles. The first-order chi connectivity index (χ1) is 71.2. The van der Waals surface area contributed by atoms with Crippen LogP contribution in [0.4, 0.5) is 0 Å². The van der Waals surface area contributed by atoms with Crippen LogP contribution in [-0.2, 0) is 134 Å². The van der Waals surface area contributed by atoms with Crippen molar-refractivity contribution >= 4 is 132 Å². The predicted octanol–water partition coefficient (Wildman–Crippen LogP) is -1.53. The Hall–Kier alpha value is -9.00. The number of carbonyl (C=O) groups is 18. The number of thiol groups is 2. The average Bonchev–Trinajstić information content (AvgIpc) is 0.938. The summed E-state index contributed by atoms with van der Waals surface area (Å²) in [5, 5.41) is 67.7. The van der Waals surface area contributed by atoms with Crippen LogP contribution in [0.1, 0.15) is 258 Å². The molecule has 0 rings (SSSR count). The van der Waals surface area contributed by atoms with Crippen molar-refractivity contribution in [2.24, 2.45) is 58.1 Å². The van der Waals surface area contributed by atoms with Gasteiger partial charge < -0.3 is 155 Å². The number of esters is 8. The van der Waals surface area contributed by atoms with Gasteiger partial charge in [0.05, 0.1) is 153 Å². The Morgan fingerprint density at radius 1 is 0.291 bits per heavy atom. The zero-order valence-corrected chi connectivity index (χ0v) is 89.0. The van der Waals surface area contributed by atoms with Crippen molar-refractivity contribution in [3.05, 3.63) is 0 Å². The van der Waals surface area contributed by atoms with Gasteiger partial charge in [-0.05, 0) is 220 Å². The van der Waals surface area contributed by atoms with Crippen molar-refractivity contribution in [3.8, 4) is 0 Å². The van der Waals surface area contributed by atoms with Gasteiger partial charge in [0, 0.05) is 103 Å². The molecule has 0 saturated heterocycles. The third kappa shape index (κ3) is 74.8. The van der Waals surface area contributed by atoms with E-state index in [9.17, 15) is 96.5 Å². The summed E-state index contributed by atoms with van der Waals surface area (Å²) < 4.78 is 54.8. The molecule has 48 nitrogen and oxygen atoms in total. The Bertz CT molecular complexity index is 3730. The second-order valence-electron chi connectivity index (χ2n) is 35.8. The summed E-state index contributed by atoms with van der Waals surface area (Å²) in [5.74, 6) is -13.9. The molecule has 50 heteroatoms. The third-order valence-electron chi connectivity index (χ3n) is 23.2. The van der Waals surface area contributed by atoms with Gasteiger partial charge in [0.2, 0.25) is 47.3 Å². The number of hydrogen-bond donors (Lipinski definition) is 22. The Morgan fingerprint density at radius 3 is 0.939 bits per heavy atom. The lowest BCUT2D eigenvalue weighted by molar-refractivity contribution is -0.152. The molecule has 0 aromatic carbocycles. The molecule has 8 amide bonds. The minimum absolute atomic E-state index is 0.00502. The fourth-order valence-electron chi connectivity index (χ4n) is 14.7. The molecule has 0 spiro atoms. The first-order valence-electron chi connectivity index (χ1n) is 52.5. The second-order valence-corrected chi connectivity index (χ2v) is 36.5. The number of nitrogens with two attached hydrogens (primary N) is 6. The van der Waals surface area contributed by atoms with Gasteiger partial charge in [-0.1, -0.05) is 12.8 Å². The number of amides is 8. The lowest BCUT2D eigenvalue weighted by Gasteiger charge is -2.23. The molecule has 0 heterocycles. The molecule has 0 aromatic heterocycles. The van der Waals surface area contributed by atoms with E-state index >= 15 is 0 Å². The average molecular weight is 2160 g/mol. The molecular weight excluding hydrogens is 1980 g/mol. The highest BCUT2D eigenvalue weighted by atomic mass is 32.1. The number of rotatable bonds is 99. The summed E-state index contributed by atoms with van der Waals surface area (Å²) in [5.41, 5.74) is 34.6. The highest BCUT2D eigenvalue weighted by Gasteiger charge is 2.33. The highest BCUT2D eigenvalue weighted by molar-refractivity contribution is 7.80. The Morgan fingerprint density at radius 2 is 0.601 bits per heavy atom. The monoisotopic (exact) mass is 2160 g/mol. The van der Waals surface area contributed by atoms with Crippen LogP contribution in [0.25, 0.3) is 0 Å². The topological polar surface area (TPSA) is 757 Å². The standard InChI is InChI=1S/C98H178N16O32S2/c1-3-139-85(123)33-9-15-51-143-95(133)70(24-18-46-108-84(122)66-110-92(130)82(68-148)114-94(132)80(32-8-14-44-102)112-90(128)78(104)30-6-12-42-100)26-20-55-146-98(136)71(27-21-54-142-88(126)38-36-74(118)40-50-116)61-75(119)63-105-47-57-137-59-60-138-58-48-106-64-76(120)62-72(97(135)144-52-16-10-34-86(124)140-4-2)28-22-56-145-96(134)69(25-19-53-141-87(125)37-35-73(117)39-49-115)23-17-45-107-83(121)65-109-91(129)81(67-147)113-93(131)79(31-7-13-43-101)111-89(127)77(103)29-5-11-41-99/h69-72,75-82,105-106,115-116,119-120,147-148H,3-68,99-104H2,1-2H3,(H,107,121)(H,108,122)(H,109,129)(H,110,130)(H,111,127)(H,112,128)(H,113,131)(H,114,132). The number of unbranched alkanes of at least 4 members (excludes halogenated alkanes) is 6. The minimum Gasteiger partial charge on any atom is -0.466 e. The summed E-state index contributed by atoms with van der Waals surface area (Å²) in [6, 6.07) is -6.26. The zero-order valence-electron chi connectivity index (χ0n) is 87.2. The van der Waals surface area contributed by atoms with Gasteiger partial charge >= 0.3 is 47.8 Å². The minimum atomic E-state index is -1.20. The van der Waals surface area contributed by atoms with Crippen molar-refractivity contribution in [2.75, 3.05) is 183 Å². The number of aliphatic hydroxyl groups is 4. The quantitative estimate of drug-likeness (QED) is 0.0142. The van der Waals surface area contributed by atoms with Crippen molar-refractivity contribution < 1.29 is 154 Å². The highest BCUT2D eigenvalue weighted by Crippen LogP contribution is 2.24. The van der Waals surface area contributed by atoms with Crippen LogP contribution in [-0.4, -0.2) is 358 Å². The fourth-order valence-corrected chi connectivity index (χ4v) is 15.3. The maximum Gasteiger partial charge on any atom is 0.309 e. The van der Waals surface area contributed by atoms with Crippen molar-refractivity contribution in [2.45, 2.75) is 306 Å². The molecule has 148 heavy (non-hydrogen) atoms. The third-order valence-corrected chi connectivity index (χ3v) is 24.0. The molecule has 0 aliphatic heterocycles. The number of carbonyl (C=O) groups excluding carboxylic acids is 18. The Balaban J connectivity index is 5.94. The smallest absolute Gasteiger partial charge is 0.309 e. The van der Waals surface area contributed by atoms with Gasteiger partial charge in [0.25, 0.3) is 0 Å². The predicted molar refractivity (Wildman–Crippen MR) is 552 cm³/mol. The van der Waals surface area contributed by atoms with Crippen LogP contribution >= 0.6 is 25.3 Å². The van der Waals surface area contributed by atoms with E-state index in [-0.39, 0.29) is 309 Å². The van der Waals surface area contributed by atoms with Gasteiger partial charge in [-0.25, -0.2) is 0 Å². The van der Waals surface area contributed by atoms with E-state index in [0.717, 1.165) is 0 Å². The van der Waals surface area contributed by atoms with Crippen molar-refractivity contribution in [3.63, 3.8) is 0 Å². The van der Waals surface area contributed by atoms with E-state index in [2.05, 4.69) is 78.4 Å². The number of ether oxygens (including phenoxy) is 10. The molecule has 0 aliphatic rings. The Labute approximate surface area is 881 Å². The number of aliphatic hydroxyl groups excluding tert-OH is 4. The molecule has 0 radical (unpaired) electrons. The van der Waals surface area contributed by atoms with Crippen LogP contribution in [0.3, 0.4) is 0 Å². The SMILES string of the molecule is CCOC(=O)CCCCOC(=O)C(CCCNC(=O)CNC(=O)C(CS)NC(=O)C(CCCCN)NC(=O)C(N)CCCCN)CCCOC(=O)C(CCCOC(=O)CCC(=O)CCO)CC(O)CNCCOCCOCCNCC(O)CC(CCCOC(=O)C(CCCNC(=O)CNC(=O)C(CS)NC(=O)C(CCCCN)NC(=O)C(N)CCCCN)CCCOC(=O)CCC(=O)CCO)C(=O)OCCCCC(=O)OCC. The molecule has 12 atom stereocenters. The summed E-state index contributed by atoms with van der Waals surface area (Å²) >= 11 is 8.47. The molecule has 0 saturated carbocycles. The molecule has 0 aromatic rings. The molecule has 854 valence electrons. The van der Waals surface area contributed by atoms with Gasteiger partial charge in [-0.2, -0.15) is 25.3 Å².